The van der Waals surface area contributed by atoms with E-state index < -0.39 is 10.2 Å². The lowest BCUT2D eigenvalue weighted by Gasteiger charge is -2.13. The van der Waals surface area contributed by atoms with Gasteiger partial charge in [-0.25, -0.2) is 4.98 Å². The van der Waals surface area contributed by atoms with Crippen LogP contribution >= 0.6 is 0 Å². The first-order valence-electron chi connectivity index (χ1n) is 6.37. The number of benzene rings is 1. The molecule has 0 aliphatic carbocycles. The van der Waals surface area contributed by atoms with E-state index in [0.717, 1.165) is 21.2 Å². The first-order chi connectivity index (χ1) is 9.88. The summed E-state index contributed by atoms with van der Waals surface area (Å²) in [7, 11) is -0.620. The molecule has 7 heteroatoms. The number of hydrogen-bond donors (Lipinski definition) is 2. The van der Waals surface area contributed by atoms with E-state index in [0.29, 0.717) is 0 Å². The minimum Gasteiger partial charge on any atom is -0.354 e. The van der Waals surface area contributed by atoms with Crippen LogP contribution in [0.2, 0.25) is 0 Å². The molecule has 1 aromatic heterocycles. The van der Waals surface area contributed by atoms with Gasteiger partial charge in [-0.1, -0.05) is 18.2 Å². The fraction of sp³-hybridized carbons (Fsp3) is 0.214. The average molecular weight is 306 g/mol. The van der Waals surface area contributed by atoms with Crippen molar-refractivity contribution in [3.8, 4) is 0 Å². The van der Waals surface area contributed by atoms with E-state index in [4.69, 9.17) is 0 Å². The van der Waals surface area contributed by atoms with Gasteiger partial charge < -0.3 is 5.32 Å². The number of nitrogens with zero attached hydrogens (tertiary/aromatic N) is 2. The molecule has 0 aliphatic heterocycles. The molecule has 0 amide bonds. The fourth-order valence-electron chi connectivity index (χ4n) is 1.62. The van der Waals surface area contributed by atoms with Gasteiger partial charge in [-0.15, -0.1) is 0 Å². The first-order valence-corrected chi connectivity index (χ1v) is 7.81. The van der Waals surface area contributed by atoms with E-state index in [1.165, 1.54) is 14.1 Å². The predicted octanol–water partition coefficient (Wildman–Crippen LogP) is 2.35. The Kier molecular flexibility index (Phi) is 4.44. The topological polar surface area (TPSA) is 74.3 Å². The first kappa shape index (κ1) is 15.3. The van der Waals surface area contributed by atoms with Crippen LogP contribution in [0.3, 0.4) is 0 Å². The van der Waals surface area contributed by atoms with E-state index in [9.17, 15) is 8.42 Å². The lowest BCUT2D eigenvalue weighted by atomic mass is 10.2. The van der Waals surface area contributed by atoms with Crippen LogP contribution < -0.4 is 10.0 Å². The van der Waals surface area contributed by atoms with Gasteiger partial charge in [-0.2, -0.15) is 12.7 Å². The largest absolute Gasteiger partial charge is 0.354 e. The normalized spacial score (nSPS) is 11.4. The lowest BCUT2D eigenvalue weighted by molar-refractivity contribution is 0.526. The summed E-state index contributed by atoms with van der Waals surface area (Å²) in [6.07, 6.45) is 1.58. The van der Waals surface area contributed by atoms with Gasteiger partial charge in [0.1, 0.15) is 5.82 Å². The summed E-state index contributed by atoms with van der Waals surface area (Å²) in [5, 5.41) is 3.23. The maximum Gasteiger partial charge on any atom is 0.302 e. The zero-order chi connectivity index (χ0) is 15.5. The van der Waals surface area contributed by atoms with Crippen LogP contribution in [0.1, 0.15) is 5.56 Å². The standard InChI is InChI=1S/C14H18N4O2S/c1-11-6-4-5-7-13(11)16-12-8-9-14(15-10-12)17-21(19,20)18(2)3/h4-10,16H,1-3H3,(H,15,17). The van der Waals surface area contributed by atoms with Crippen molar-refractivity contribution >= 4 is 27.4 Å². The van der Waals surface area contributed by atoms with Crippen LogP contribution in [-0.2, 0) is 10.2 Å². The molecule has 0 unspecified atom stereocenters. The highest BCUT2D eigenvalue weighted by atomic mass is 32.2. The summed E-state index contributed by atoms with van der Waals surface area (Å²) >= 11 is 0. The van der Waals surface area contributed by atoms with E-state index in [1.807, 2.05) is 31.2 Å². The van der Waals surface area contributed by atoms with Gasteiger partial charge in [0, 0.05) is 19.8 Å². The molecule has 6 nitrogen and oxygen atoms in total. The van der Waals surface area contributed by atoms with Crippen LogP contribution in [0.5, 0.6) is 0 Å². The Balaban J connectivity index is 2.11. The van der Waals surface area contributed by atoms with Crippen molar-refractivity contribution in [2.75, 3.05) is 24.1 Å². The average Bonchev–Trinajstić information content (AvgIpc) is 2.43. The molecule has 2 N–H and O–H groups in total. The second-order valence-electron chi connectivity index (χ2n) is 4.76. The van der Waals surface area contributed by atoms with Crippen molar-refractivity contribution < 1.29 is 8.42 Å². The van der Waals surface area contributed by atoms with Crippen molar-refractivity contribution in [2.45, 2.75) is 6.92 Å². The highest BCUT2D eigenvalue weighted by molar-refractivity contribution is 7.90. The van der Waals surface area contributed by atoms with Crippen LogP contribution in [0, 0.1) is 6.92 Å². The Morgan fingerprint density at radius 3 is 2.38 bits per heavy atom. The van der Waals surface area contributed by atoms with Gasteiger partial charge in [-0.05, 0) is 30.7 Å². The van der Waals surface area contributed by atoms with E-state index in [1.54, 1.807) is 18.3 Å². The number of hydrogen-bond acceptors (Lipinski definition) is 4. The third-order valence-corrected chi connectivity index (χ3v) is 4.33. The summed E-state index contributed by atoms with van der Waals surface area (Å²) in [5.74, 6) is 0.277. The molecule has 0 saturated heterocycles. The minimum absolute atomic E-state index is 0.277. The Hall–Kier alpha value is -2.12. The number of nitrogens with one attached hydrogen (secondary N) is 2. The third-order valence-electron chi connectivity index (χ3n) is 2.90. The van der Waals surface area contributed by atoms with Crippen molar-refractivity contribution in [1.29, 1.82) is 0 Å². The van der Waals surface area contributed by atoms with Crippen LogP contribution in [0.15, 0.2) is 42.6 Å². The molecule has 1 aromatic carbocycles. The molecule has 0 atom stereocenters. The van der Waals surface area contributed by atoms with Gasteiger partial charge in [0.2, 0.25) is 0 Å². The van der Waals surface area contributed by atoms with E-state index >= 15 is 0 Å². The summed E-state index contributed by atoms with van der Waals surface area (Å²) in [4.78, 5) is 4.09. The van der Waals surface area contributed by atoms with Crippen LogP contribution in [0.25, 0.3) is 0 Å². The molecular formula is C14H18N4O2S. The number of aromatic nitrogens is 1. The second kappa shape index (κ2) is 6.11. The highest BCUT2D eigenvalue weighted by Gasteiger charge is 2.13. The Labute approximate surface area is 125 Å². The molecular weight excluding hydrogens is 288 g/mol. The van der Waals surface area contributed by atoms with E-state index in [-0.39, 0.29) is 5.82 Å². The van der Waals surface area contributed by atoms with Crippen LogP contribution in [0.4, 0.5) is 17.2 Å². The maximum absolute atomic E-state index is 11.7. The van der Waals surface area contributed by atoms with Gasteiger partial charge in [0.15, 0.2) is 0 Å². The van der Waals surface area contributed by atoms with Crippen molar-refractivity contribution in [1.82, 2.24) is 9.29 Å². The van der Waals surface area contributed by atoms with Gasteiger partial charge in [0.05, 0.1) is 11.9 Å². The molecule has 2 aromatic rings. The number of aryl methyl sites for hydroxylation is 1. The Bertz CT molecular complexity index is 712. The maximum atomic E-state index is 11.7. The smallest absolute Gasteiger partial charge is 0.302 e. The summed E-state index contributed by atoms with van der Waals surface area (Å²) in [6.45, 7) is 2.01. The molecule has 1 heterocycles. The summed E-state index contributed by atoms with van der Waals surface area (Å²) < 4.78 is 26.8. The number of anilines is 3. The molecule has 112 valence electrons. The number of para-hydroxylation sites is 1. The second-order valence-corrected chi connectivity index (χ2v) is 6.65. The lowest BCUT2D eigenvalue weighted by Crippen LogP contribution is -2.29. The van der Waals surface area contributed by atoms with Crippen LogP contribution in [-0.4, -0.2) is 31.8 Å². The van der Waals surface area contributed by atoms with Crippen molar-refractivity contribution in [3.63, 3.8) is 0 Å². The SMILES string of the molecule is Cc1ccccc1Nc1ccc(NS(=O)(=O)N(C)C)nc1. The molecule has 0 radical (unpaired) electrons. The monoisotopic (exact) mass is 306 g/mol. The molecule has 0 bridgehead atoms. The molecule has 0 aliphatic rings. The molecule has 0 spiro atoms. The number of pyridine rings is 1. The summed E-state index contributed by atoms with van der Waals surface area (Å²) in [6, 6.07) is 11.3. The van der Waals surface area contributed by atoms with Gasteiger partial charge in [0.25, 0.3) is 0 Å². The molecule has 21 heavy (non-hydrogen) atoms. The molecule has 0 fully saturated rings. The molecule has 2 rings (SSSR count). The fourth-order valence-corrected chi connectivity index (χ4v) is 2.19. The van der Waals surface area contributed by atoms with E-state index in [2.05, 4.69) is 15.0 Å². The van der Waals surface area contributed by atoms with Gasteiger partial charge in [-0.3, -0.25) is 4.72 Å². The third kappa shape index (κ3) is 3.93. The van der Waals surface area contributed by atoms with Gasteiger partial charge >= 0.3 is 10.2 Å². The van der Waals surface area contributed by atoms with Crippen molar-refractivity contribution in [2.24, 2.45) is 0 Å². The quantitative estimate of drug-likeness (QED) is 0.889. The predicted molar refractivity (Wildman–Crippen MR) is 84.9 cm³/mol. The summed E-state index contributed by atoms with van der Waals surface area (Å²) in [5.41, 5.74) is 2.90. The Morgan fingerprint density at radius 1 is 1.10 bits per heavy atom. The molecule has 0 saturated carbocycles. The zero-order valence-electron chi connectivity index (χ0n) is 12.2. The minimum atomic E-state index is -3.53. The number of rotatable bonds is 5. The van der Waals surface area contributed by atoms with Crippen molar-refractivity contribution in [3.05, 3.63) is 48.2 Å². The zero-order valence-corrected chi connectivity index (χ0v) is 13.0. The highest BCUT2D eigenvalue weighted by Crippen LogP contribution is 2.20. The Morgan fingerprint density at radius 2 is 1.81 bits per heavy atom.